The number of ether oxygens (including phenoxy) is 1. The van der Waals surface area contributed by atoms with E-state index in [0.29, 0.717) is 6.47 Å². The Labute approximate surface area is 99.1 Å². The number of carbonyl (C=O) groups is 1. The highest BCUT2D eigenvalue weighted by Crippen LogP contribution is 2.08. The average molecular weight is 230 g/mol. The number of carbonyl (C=O) groups excluding carboxylic acids is 1. The molecule has 0 atom stereocenters. The third kappa shape index (κ3) is 9.93. The quantitative estimate of drug-likeness (QED) is 0.714. The van der Waals surface area contributed by atoms with Gasteiger partial charge in [0.25, 0.3) is 6.47 Å². The first-order valence-corrected chi connectivity index (χ1v) is 5.96. The van der Waals surface area contributed by atoms with Gasteiger partial charge in [-0.2, -0.15) is 0 Å². The summed E-state index contributed by atoms with van der Waals surface area (Å²) in [6.07, 6.45) is 2.70. The number of nitrogens with one attached hydrogen (secondary N) is 2. The smallest absolute Gasteiger partial charge is 0.293 e. The van der Waals surface area contributed by atoms with Gasteiger partial charge in [-0.05, 0) is 66.2 Å². The molecule has 0 amide bonds. The summed E-state index contributed by atoms with van der Waals surface area (Å²) in [4.78, 5) is 9.60. The van der Waals surface area contributed by atoms with E-state index in [9.17, 15) is 4.79 Å². The summed E-state index contributed by atoms with van der Waals surface area (Å²) in [5.41, 5.74) is -0.318. The van der Waals surface area contributed by atoms with Gasteiger partial charge in [-0.1, -0.05) is 0 Å². The summed E-state index contributed by atoms with van der Waals surface area (Å²) < 4.78 is 4.55. The SMILES string of the molecule is CC(C)(C)OC=O.CNCC1CCNCC1. The first kappa shape index (κ1) is 15.4. The fourth-order valence-electron chi connectivity index (χ4n) is 1.52. The highest BCUT2D eigenvalue weighted by atomic mass is 16.5. The number of hydrogen-bond acceptors (Lipinski definition) is 4. The van der Waals surface area contributed by atoms with Crippen LogP contribution in [-0.2, 0) is 9.53 Å². The molecular weight excluding hydrogens is 204 g/mol. The standard InChI is InChI=1S/C7H16N2.C5H10O2/c1-8-6-7-2-4-9-5-3-7;1-5(2,3)7-4-6/h7-9H,2-6H2,1H3;4H,1-3H3. The van der Waals surface area contributed by atoms with Crippen molar-refractivity contribution in [3.05, 3.63) is 0 Å². The maximum Gasteiger partial charge on any atom is 0.293 e. The normalized spacial score (nSPS) is 17.2. The van der Waals surface area contributed by atoms with E-state index in [1.807, 2.05) is 27.8 Å². The van der Waals surface area contributed by atoms with Crippen LogP contribution in [-0.4, -0.2) is 38.8 Å². The van der Waals surface area contributed by atoms with Crippen LogP contribution in [0.5, 0.6) is 0 Å². The molecule has 4 nitrogen and oxygen atoms in total. The van der Waals surface area contributed by atoms with Gasteiger partial charge in [0.15, 0.2) is 0 Å². The number of rotatable bonds is 3. The minimum absolute atomic E-state index is 0.318. The lowest BCUT2D eigenvalue weighted by Crippen LogP contribution is -2.32. The monoisotopic (exact) mass is 230 g/mol. The van der Waals surface area contributed by atoms with Crippen LogP contribution in [0.2, 0.25) is 0 Å². The molecule has 1 aliphatic rings. The van der Waals surface area contributed by atoms with Crippen molar-refractivity contribution in [2.24, 2.45) is 5.92 Å². The maximum atomic E-state index is 9.60. The van der Waals surface area contributed by atoms with Gasteiger partial charge in [0.1, 0.15) is 5.60 Å². The number of piperidine rings is 1. The van der Waals surface area contributed by atoms with Crippen molar-refractivity contribution in [2.45, 2.75) is 39.2 Å². The number of hydrogen-bond donors (Lipinski definition) is 2. The second-order valence-electron chi connectivity index (χ2n) is 5.08. The third-order valence-corrected chi connectivity index (χ3v) is 2.35. The van der Waals surface area contributed by atoms with Crippen LogP contribution in [0.15, 0.2) is 0 Å². The summed E-state index contributed by atoms with van der Waals surface area (Å²) in [6, 6.07) is 0. The lowest BCUT2D eigenvalue weighted by molar-refractivity contribution is -0.138. The van der Waals surface area contributed by atoms with Crippen LogP contribution >= 0.6 is 0 Å². The second kappa shape index (κ2) is 8.53. The zero-order valence-corrected chi connectivity index (χ0v) is 11.0. The predicted octanol–water partition coefficient (Wildman–Crippen LogP) is 1.16. The van der Waals surface area contributed by atoms with Crippen LogP contribution in [0.1, 0.15) is 33.6 Å². The van der Waals surface area contributed by atoms with Crippen LogP contribution < -0.4 is 10.6 Å². The molecule has 1 heterocycles. The van der Waals surface area contributed by atoms with E-state index in [4.69, 9.17) is 0 Å². The average Bonchev–Trinajstić information content (AvgIpc) is 2.19. The van der Waals surface area contributed by atoms with Gasteiger partial charge >= 0.3 is 0 Å². The van der Waals surface area contributed by atoms with Gasteiger partial charge in [0.05, 0.1) is 0 Å². The molecule has 0 saturated carbocycles. The van der Waals surface area contributed by atoms with Crippen LogP contribution in [0, 0.1) is 5.92 Å². The molecule has 1 fully saturated rings. The van der Waals surface area contributed by atoms with E-state index in [1.165, 1.54) is 32.5 Å². The van der Waals surface area contributed by atoms with Crippen LogP contribution in [0.4, 0.5) is 0 Å². The Kier molecular flexibility index (Phi) is 8.21. The van der Waals surface area contributed by atoms with Crippen molar-refractivity contribution in [3.8, 4) is 0 Å². The van der Waals surface area contributed by atoms with E-state index >= 15 is 0 Å². The van der Waals surface area contributed by atoms with E-state index in [1.54, 1.807) is 0 Å². The van der Waals surface area contributed by atoms with Crippen molar-refractivity contribution >= 4 is 6.47 Å². The van der Waals surface area contributed by atoms with Crippen molar-refractivity contribution in [2.75, 3.05) is 26.7 Å². The molecule has 0 aromatic carbocycles. The van der Waals surface area contributed by atoms with Gasteiger partial charge in [-0.15, -0.1) is 0 Å². The largest absolute Gasteiger partial charge is 0.462 e. The van der Waals surface area contributed by atoms with E-state index in [-0.39, 0.29) is 5.60 Å². The molecule has 96 valence electrons. The van der Waals surface area contributed by atoms with Gasteiger partial charge in [0.2, 0.25) is 0 Å². The molecule has 0 radical (unpaired) electrons. The van der Waals surface area contributed by atoms with Gasteiger partial charge in [0, 0.05) is 0 Å². The molecule has 0 spiro atoms. The molecule has 0 aromatic heterocycles. The van der Waals surface area contributed by atoms with Crippen molar-refractivity contribution in [3.63, 3.8) is 0 Å². The predicted molar refractivity (Wildman–Crippen MR) is 66.4 cm³/mol. The Morgan fingerprint density at radius 3 is 2.25 bits per heavy atom. The van der Waals surface area contributed by atoms with E-state index < -0.39 is 0 Å². The zero-order valence-electron chi connectivity index (χ0n) is 11.0. The fraction of sp³-hybridized carbons (Fsp3) is 0.917. The van der Waals surface area contributed by atoms with E-state index in [0.717, 1.165) is 5.92 Å². The van der Waals surface area contributed by atoms with Gasteiger partial charge in [-0.25, -0.2) is 0 Å². The molecule has 0 unspecified atom stereocenters. The Balaban J connectivity index is 0.000000293. The van der Waals surface area contributed by atoms with Gasteiger partial charge < -0.3 is 15.4 Å². The first-order chi connectivity index (χ1) is 7.49. The fourth-order valence-corrected chi connectivity index (χ4v) is 1.52. The summed E-state index contributed by atoms with van der Waals surface area (Å²) in [6.45, 7) is 9.55. The minimum atomic E-state index is -0.318. The molecule has 1 saturated heterocycles. The Morgan fingerprint density at radius 2 is 1.94 bits per heavy atom. The summed E-state index contributed by atoms with van der Waals surface area (Å²) >= 11 is 0. The molecular formula is C12H26N2O2. The third-order valence-electron chi connectivity index (χ3n) is 2.35. The maximum absolute atomic E-state index is 9.60. The molecule has 1 rings (SSSR count). The van der Waals surface area contributed by atoms with E-state index in [2.05, 4.69) is 15.4 Å². The highest BCUT2D eigenvalue weighted by molar-refractivity contribution is 5.37. The lowest BCUT2D eigenvalue weighted by atomic mass is 9.98. The molecule has 1 aliphatic heterocycles. The second-order valence-corrected chi connectivity index (χ2v) is 5.08. The molecule has 0 aliphatic carbocycles. The molecule has 0 aromatic rings. The minimum Gasteiger partial charge on any atom is -0.462 e. The summed E-state index contributed by atoms with van der Waals surface area (Å²) in [5, 5.41) is 6.55. The van der Waals surface area contributed by atoms with Crippen molar-refractivity contribution in [1.29, 1.82) is 0 Å². The first-order valence-electron chi connectivity index (χ1n) is 5.96. The molecule has 4 heteroatoms. The topological polar surface area (TPSA) is 50.4 Å². The Hall–Kier alpha value is -0.610. The lowest BCUT2D eigenvalue weighted by Gasteiger charge is -2.21. The van der Waals surface area contributed by atoms with Crippen molar-refractivity contribution < 1.29 is 9.53 Å². The van der Waals surface area contributed by atoms with Crippen molar-refractivity contribution in [1.82, 2.24) is 10.6 Å². The molecule has 16 heavy (non-hydrogen) atoms. The Bertz CT molecular complexity index is 170. The van der Waals surface area contributed by atoms with Crippen LogP contribution in [0.25, 0.3) is 0 Å². The molecule has 2 N–H and O–H groups in total. The highest BCUT2D eigenvalue weighted by Gasteiger charge is 2.10. The zero-order chi connectivity index (χ0) is 12.4. The van der Waals surface area contributed by atoms with Gasteiger partial charge in [-0.3, -0.25) is 4.79 Å². The van der Waals surface area contributed by atoms with Crippen LogP contribution in [0.3, 0.4) is 0 Å². The Morgan fingerprint density at radius 1 is 1.38 bits per heavy atom. The molecule has 0 bridgehead atoms. The summed E-state index contributed by atoms with van der Waals surface area (Å²) in [7, 11) is 2.03. The summed E-state index contributed by atoms with van der Waals surface area (Å²) in [5.74, 6) is 0.927.